The topological polar surface area (TPSA) is 108 Å². The minimum atomic E-state index is -4.12. The highest BCUT2D eigenvalue weighted by atomic mass is 32.2. The number of hydrogen-bond acceptors (Lipinski definition) is 6. The van der Waals surface area contributed by atoms with E-state index in [1.54, 1.807) is 25.1 Å². The molecule has 8 nitrogen and oxygen atoms in total. The normalized spacial score (nSPS) is 11.0. The molecule has 24 heavy (non-hydrogen) atoms. The lowest BCUT2D eigenvalue weighted by Crippen LogP contribution is -2.15. The van der Waals surface area contributed by atoms with Gasteiger partial charge in [-0.05, 0) is 30.7 Å². The Hall–Kier alpha value is -2.81. The third kappa shape index (κ3) is 3.57. The number of anilines is 1. The molecule has 128 valence electrons. The number of nitrogens with one attached hydrogen (secondary N) is 1. The van der Waals surface area contributed by atoms with Crippen molar-refractivity contribution in [2.24, 2.45) is 0 Å². The number of sulfonamides is 1. The van der Waals surface area contributed by atoms with Gasteiger partial charge in [-0.25, -0.2) is 8.42 Å². The maximum Gasteiger partial charge on any atom is 0.271 e. The highest BCUT2D eigenvalue weighted by molar-refractivity contribution is 7.92. The van der Waals surface area contributed by atoms with Crippen molar-refractivity contribution >= 4 is 21.4 Å². The van der Waals surface area contributed by atoms with Crippen LogP contribution in [0.3, 0.4) is 0 Å². The van der Waals surface area contributed by atoms with Gasteiger partial charge in [0.25, 0.3) is 15.7 Å². The molecule has 0 saturated carbocycles. The molecule has 0 radical (unpaired) electrons. The summed E-state index contributed by atoms with van der Waals surface area (Å²) in [6.45, 7) is 1.80. The number of methoxy groups -OCH3 is 2. The van der Waals surface area contributed by atoms with Crippen LogP contribution in [-0.2, 0) is 10.0 Å². The van der Waals surface area contributed by atoms with Crippen molar-refractivity contribution in [3.63, 3.8) is 0 Å². The lowest BCUT2D eigenvalue weighted by molar-refractivity contribution is -0.385. The van der Waals surface area contributed by atoms with Gasteiger partial charge < -0.3 is 9.47 Å². The number of nitro benzene ring substituents is 1. The second kappa shape index (κ2) is 6.75. The molecule has 0 aliphatic heterocycles. The molecule has 0 aliphatic carbocycles. The number of rotatable bonds is 6. The maximum absolute atomic E-state index is 12.7. The zero-order valence-corrected chi connectivity index (χ0v) is 14.1. The van der Waals surface area contributed by atoms with E-state index >= 15 is 0 Å². The molecule has 0 amide bonds. The number of benzene rings is 2. The molecule has 0 fully saturated rings. The average molecular weight is 352 g/mol. The molecule has 0 unspecified atom stereocenters. The van der Waals surface area contributed by atoms with E-state index in [2.05, 4.69) is 4.72 Å². The van der Waals surface area contributed by atoms with Gasteiger partial charge in [-0.1, -0.05) is 6.07 Å². The van der Waals surface area contributed by atoms with E-state index in [1.165, 1.54) is 26.4 Å². The van der Waals surface area contributed by atoms with Crippen LogP contribution < -0.4 is 14.2 Å². The first-order chi connectivity index (χ1) is 11.3. The molecule has 0 heterocycles. The number of hydrogen-bond donors (Lipinski definition) is 1. The van der Waals surface area contributed by atoms with Gasteiger partial charge in [-0.15, -0.1) is 0 Å². The Morgan fingerprint density at radius 1 is 1.04 bits per heavy atom. The summed E-state index contributed by atoms with van der Waals surface area (Å²) in [7, 11) is -1.42. The number of nitro groups is 1. The Morgan fingerprint density at radius 3 is 2.25 bits per heavy atom. The van der Waals surface area contributed by atoms with Gasteiger partial charge in [-0.3, -0.25) is 14.8 Å². The van der Waals surface area contributed by atoms with Gasteiger partial charge in [-0.2, -0.15) is 0 Å². The van der Waals surface area contributed by atoms with Crippen LogP contribution in [0.25, 0.3) is 0 Å². The summed E-state index contributed by atoms with van der Waals surface area (Å²) in [5.74, 6) is 0.327. The first kappa shape index (κ1) is 17.5. The van der Waals surface area contributed by atoms with E-state index in [9.17, 15) is 18.5 Å². The second-order valence-corrected chi connectivity index (χ2v) is 6.55. The first-order valence-electron chi connectivity index (χ1n) is 6.78. The quantitative estimate of drug-likeness (QED) is 0.632. The van der Waals surface area contributed by atoms with Crippen molar-refractivity contribution in [3.05, 3.63) is 52.1 Å². The summed E-state index contributed by atoms with van der Waals surface area (Å²) >= 11 is 0. The van der Waals surface area contributed by atoms with Crippen molar-refractivity contribution in [1.82, 2.24) is 0 Å². The third-order valence-corrected chi connectivity index (χ3v) is 4.63. The van der Waals surface area contributed by atoms with Crippen LogP contribution in [-0.4, -0.2) is 27.6 Å². The molecular weight excluding hydrogens is 336 g/mol. The van der Waals surface area contributed by atoms with Crippen LogP contribution in [0.5, 0.6) is 11.5 Å². The summed E-state index contributed by atoms with van der Waals surface area (Å²) in [4.78, 5) is 9.91. The predicted molar refractivity (Wildman–Crippen MR) is 88.2 cm³/mol. The van der Waals surface area contributed by atoms with E-state index in [4.69, 9.17) is 9.47 Å². The number of ether oxygens (including phenoxy) is 2. The molecule has 0 atom stereocenters. The lowest BCUT2D eigenvalue weighted by Gasteiger charge is -2.14. The Bertz CT molecular complexity index is 880. The van der Waals surface area contributed by atoms with Crippen LogP contribution in [0, 0.1) is 17.0 Å². The minimum Gasteiger partial charge on any atom is -0.495 e. The van der Waals surface area contributed by atoms with Crippen molar-refractivity contribution in [3.8, 4) is 11.5 Å². The molecule has 0 bridgehead atoms. The monoisotopic (exact) mass is 352 g/mol. The largest absolute Gasteiger partial charge is 0.495 e. The number of nitrogens with zero attached hydrogens (tertiary/aromatic N) is 1. The van der Waals surface area contributed by atoms with Gasteiger partial charge >= 0.3 is 0 Å². The summed E-state index contributed by atoms with van der Waals surface area (Å²) < 4.78 is 37.9. The van der Waals surface area contributed by atoms with Gasteiger partial charge in [0.15, 0.2) is 0 Å². The van der Waals surface area contributed by atoms with Gasteiger partial charge in [0.1, 0.15) is 16.4 Å². The highest BCUT2D eigenvalue weighted by Gasteiger charge is 2.24. The highest BCUT2D eigenvalue weighted by Crippen LogP contribution is 2.32. The summed E-state index contributed by atoms with van der Waals surface area (Å²) in [6, 6.07) is 8.34. The molecule has 9 heteroatoms. The standard InChI is InChI=1S/C15H16N2O6S/c1-10-4-6-13(22-2)12(8-10)16-24(20,21)15-9-11(17(18)19)5-7-14(15)23-3/h4-9,16H,1-3H3. The predicted octanol–water partition coefficient (Wildman–Crippen LogP) is 2.72. The smallest absolute Gasteiger partial charge is 0.271 e. The second-order valence-electron chi connectivity index (χ2n) is 4.90. The Kier molecular flexibility index (Phi) is 4.93. The fraction of sp³-hybridized carbons (Fsp3) is 0.200. The Balaban J connectivity index is 2.53. The van der Waals surface area contributed by atoms with E-state index in [-0.39, 0.29) is 22.0 Å². The van der Waals surface area contributed by atoms with Crippen LogP contribution >= 0.6 is 0 Å². The lowest BCUT2D eigenvalue weighted by atomic mass is 10.2. The Labute approximate surface area is 139 Å². The summed E-state index contributed by atoms with van der Waals surface area (Å²) in [6.07, 6.45) is 0. The maximum atomic E-state index is 12.7. The van der Waals surface area contributed by atoms with Crippen molar-refractivity contribution < 1.29 is 22.8 Å². The SMILES string of the molecule is COc1ccc(C)cc1NS(=O)(=O)c1cc([N+](=O)[O-])ccc1OC. The van der Waals surface area contributed by atoms with Crippen molar-refractivity contribution in [2.75, 3.05) is 18.9 Å². The van der Waals surface area contributed by atoms with E-state index in [0.29, 0.717) is 5.75 Å². The molecule has 1 N–H and O–H groups in total. The summed E-state index contributed by atoms with van der Waals surface area (Å²) in [5.41, 5.74) is 0.693. The minimum absolute atomic E-state index is 0.000259. The van der Waals surface area contributed by atoms with Gasteiger partial charge in [0.05, 0.1) is 24.8 Å². The zero-order valence-electron chi connectivity index (χ0n) is 13.3. The third-order valence-electron chi connectivity index (χ3n) is 3.25. The first-order valence-corrected chi connectivity index (χ1v) is 8.26. The number of non-ortho nitro benzene ring substituents is 1. The van der Waals surface area contributed by atoms with Gasteiger partial charge in [0, 0.05) is 12.1 Å². The molecule has 0 aromatic heterocycles. The molecule has 0 aliphatic rings. The van der Waals surface area contributed by atoms with E-state index in [1.807, 2.05) is 0 Å². The molecule has 0 spiro atoms. The average Bonchev–Trinajstić information content (AvgIpc) is 2.54. The molecule has 0 saturated heterocycles. The van der Waals surface area contributed by atoms with Crippen LogP contribution in [0.2, 0.25) is 0 Å². The fourth-order valence-corrected chi connectivity index (χ4v) is 3.34. The molecule has 2 rings (SSSR count). The van der Waals surface area contributed by atoms with Gasteiger partial charge in [0.2, 0.25) is 0 Å². The van der Waals surface area contributed by atoms with E-state index in [0.717, 1.165) is 11.6 Å². The zero-order chi connectivity index (χ0) is 17.9. The fourth-order valence-electron chi connectivity index (χ4n) is 2.09. The molecule has 2 aromatic carbocycles. The van der Waals surface area contributed by atoms with Crippen molar-refractivity contribution in [2.45, 2.75) is 11.8 Å². The molecule has 2 aromatic rings. The van der Waals surface area contributed by atoms with Crippen LogP contribution in [0.4, 0.5) is 11.4 Å². The number of aryl methyl sites for hydroxylation is 1. The van der Waals surface area contributed by atoms with Crippen LogP contribution in [0.15, 0.2) is 41.3 Å². The van der Waals surface area contributed by atoms with Crippen LogP contribution in [0.1, 0.15) is 5.56 Å². The van der Waals surface area contributed by atoms with Crippen molar-refractivity contribution in [1.29, 1.82) is 0 Å². The summed E-state index contributed by atoms with van der Waals surface area (Å²) in [5, 5.41) is 10.9. The Morgan fingerprint density at radius 2 is 1.67 bits per heavy atom. The molecular formula is C15H16N2O6S. The van der Waals surface area contributed by atoms with E-state index < -0.39 is 14.9 Å².